The lowest BCUT2D eigenvalue weighted by atomic mass is 10.3. The third kappa shape index (κ3) is 2.43. The molecule has 70 valence electrons. The first-order valence-corrected chi connectivity index (χ1v) is 4.15. The van der Waals surface area contributed by atoms with Crippen LogP contribution in [0.25, 0.3) is 0 Å². The second-order valence-electron chi connectivity index (χ2n) is 2.80. The number of aromatic nitrogens is 1. The largest absolute Gasteiger partial charge is 0.397 e. The third-order valence-corrected chi connectivity index (χ3v) is 1.73. The molecule has 0 aliphatic rings. The summed E-state index contributed by atoms with van der Waals surface area (Å²) in [6, 6.07) is 1.70. The topological polar surface area (TPSA) is 68.0 Å². The molecule has 0 radical (unpaired) electrons. The van der Waals surface area contributed by atoms with Crippen molar-refractivity contribution in [1.82, 2.24) is 4.98 Å². The molecule has 4 nitrogen and oxygen atoms in total. The van der Waals surface area contributed by atoms with Crippen molar-refractivity contribution in [2.75, 3.05) is 11.1 Å². The molecule has 13 heavy (non-hydrogen) atoms. The first-order valence-electron chi connectivity index (χ1n) is 4.15. The van der Waals surface area contributed by atoms with Crippen LogP contribution in [0.1, 0.15) is 19.0 Å². The van der Waals surface area contributed by atoms with Gasteiger partial charge in [-0.2, -0.15) is 0 Å². The number of carbonyl (C=O) groups is 1. The van der Waals surface area contributed by atoms with Gasteiger partial charge in [0.15, 0.2) is 0 Å². The normalized spacial score (nSPS) is 9.69. The third-order valence-electron chi connectivity index (χ3n) is 1.73. The average Bonchev–Trinajstić information content (AvgIpc) is 2.11. The Labute approximate surface area is 77.2 Å². The fourth-order valence-corrected chi connectivity index (χ4v) is 0.868. The van der Waals surface area contributed by atoms with Crippen LogP contribution in [-0.2, 0) is 4.79 Å². The van der Waals surface area contributed by atoms with Crippen molar-refractivity contribution in [3.05, 3.63) is 18.0 Å². The maximum Gasteiger partial charge on any atom is 0.224 e. The SMILES string of the molecule is CCC(=O)Nc1cnc(C)c(N)c1. The van der Waals surface area contributed by atoms with Gasteiger partial charge >= 0.3 is 0 Å². The molecule has 1 amide bonds. The molecule has 3 N–H and O–H groups in total. The first-order chi connectivity index (χ1) is 6.13. The predicted molar refractivity (Wildman–Crippen MR) is 52.3 cm³/mol. The molecule has 0 bridgehead atoms. The van der Waals surface area contributed by atoms with E-state index in [9.17, 15) is 4.79 Å². The highest BCUT2D eigenvalue weighted by atomic mass is 16.1. The van der Waals surface area contributed by atoms with Gasteiger partial charge in [-0.25, -0.2) is 0 Å². The van der Waals surface area contributed by atoms with Gasteiger partial charge in [0.2, 0.25) is 5.91 Å². The van der Waals surface area contributed by atoms with E-state index in [0.717, 1.165) is 5.69 Å². The molecule has 1 rings (SSSR count). The summed E-state index contributed by atoms with van der Waals surface area (Å²) in [6.07, 6.45) is 2.05. The summed E-state index contributed by atoms with van der Waals surface area (Å²) in [7, 11) is 0. The summed E-state index contributed by atoms with van der Waals surface area (Å²) < 4.78 is 0. The second kappa shape index (κ2) is 3.89. The number of rotatable bonds is 2. The average molecular weight is 179 g/mol. The van der Waals surface area contributed by atoms with E-state index in [-0.39, 0.29) is 5.91 Å². The van der Waals surface area contributed by atoms with Gasteiger partial charge in [0.25, 0.3) is 0 Å². The standard InChI is InChI=1S/C9H13N3O/c1-3-9(13)12-7-4-8(10)6(2)11-5-7/h4-5H,3,10H2,1-2H3,(H,12,13). The van der Waals surface area contributed by atoms with Gasteiger partial charge in [-0.05, 0) is 13.0 Å². The fourth-order valence-electron chi connectivity index (χ4n) is 0.868. The highest BCUT2D eigenvalue weighted by molar-refractivity contribution is 5.90. The van der Waals surface area contributed by atoms with Crippen LogP contribution in [-0.4, -0.2) is 10.9 Å². The van der Waals surface area contributed by atoms with Crippen molar-refractivity contribution < 1.29 is 4.79 Å². The molecule has 0 unspecified atom stereocenters. The summed E-state index contributed by atoms with van der Waals surface area (Å²) in [5.41, 5.74) is 7.64. The van der Waals surface area contributed by atoms with Gasteiger partial charge in [-0.15, -0.1) is 0 Å². The van der Waals surface area contributed by atoms with Crippen molar-refractivity contribution in [2.24, 2.45) is 0 Å². The minimum absolute atomic E-state index is 0.0370. The van der Waals surface area contributed by atoms with E-state index < -0.39 is 0 Å². The van der Waals surface area contributed by atoms with Crippen LogP contribution in [0.2, 0.25) is 0 Å². The van der Waals surface area contributed by atoms with Crippen molar-refractivity contribution in [1.29, 1.82) is 0 Å². The van der Waals surface area contributed by atoms with Gasteiger partial charge in [-0.1, -0.05) is 6.92 Å². The van der Waals surface area contributed by atoms with Gasteiger partial charge in [0.1, 0.15) is 0 Å². The van der Waals surface area contributed by atoms with Gasteiger partial charge in [-0.3, -0.25) is 9.78 Å². The number of nitrogens with zero attached hydrogens (tertiary/aromatic N) is 1. The lowest BCUT2D eigenvalue weighted by molar-refractivity contribution is -0.115. The Morgan fingerprint density at radius 1 is 1.69 bits per heavy atom. The Balaban J connectivity index is 2.79. The zero-order chi connectivity index (χ0) is 9.84. The van der Waals surface area contributed by atoms with Crippen LogP contribution >= 0.6 is 0 Å². The Bertz CT molecular complexity index is 323. The van der Waals surface area contributed by atoms with Crippen molar-refractivity contribution in [3.63, 3.8) is 0 Å². The van der Waals surface area contributed by atoms with Crippen molar-refractivity contribution >= 4 is 17.3 Å². The summed E-state index contributed by atoms with van der Waals surface area (Å²) in [5.74, 6) is -0.0370. The molecule has 1 aromatic rings. The summed E-state index contributed by atoms with van der Waals surface area (Å²) in [4.78, 5) is 15.0. The van der Waals surface area contributed by atoms with Crippen LogP contribution in [0.5, 0.6) is 0 Å². The van der Waals surface area contributed by atoms with E-state index >= 15 is 0 Å². The summed E-state index contributed by atoms with van der Waals surface area (Å²) >= 11 is 0. The lowest BCUT2D eigenvalue weighted by Gasteiger charge is -2.04. The number of hydrogen-bond acceptors (Lipinski definition) is 3. The molecule has 0 fully saturated rings. The quantitative estimate of drug-likeness (QED) is 0.719. The van der Waals surface area contributed by atoms with E-state index in [1.807, 2.05) is 6.92 Å². The number of anilines is 2. The van der Waals surface area contributed by atoms with Gasteiger partial charge in [0.05, 0.1) is 23.3 Å². The number of amides is 1. The fraction of sp³-hybridized carbons (Fsp3) is 0.333. The van der Waals surface area contributed by atoms with E-state index in [1.54, 1.807) is 19.2 Å². The van der Waals surface area contributed by atoms with Gasteiger partial charge < -0.3 is 11.1 Å². The Morgan fingerprint density at radius 2 is 2.38 bits per heavy atom. The first kappa shape index (κ1) is 9.51. The van der Waals surface area contributed by atoms with Gasteiger partial charge in [0, 0.05) is 6.42 Å². The lowest BCUT2D eigenvalue weighted by Crippen LogP contribution is -2.10. The van der Waals surface area contributed by atoms with Crippen LogP contribution < -0.4 is 11.1 Å². The molecule has 0 spiro atoms. The van der Waals surface area contributed by atoms with E-state index in [4.69, 9.17) is 5.73 Å². The van der Waals surface area contributed by atoms with E-state index in [0.29, 0.717) is 17.8 Å². The Morgan fingerprint density at radius 3 is 2.92 bits per heavy atom. The van der Waals surface area contributed by atoms with Crippen LogP contribution in [0.4, 0.5) is 11.4 Å². The highest BCUT2D eigenvalue weighted by Crippen LogP contribution is 2.13. The highest BCUT2D eigenvalue weighted by Gasteiger charge is 2.00. The minimum atomic E-state index is -0.0370. The number of nitrogens with one attached hydrogen (secondary N) is 1. The monoisotopic (exact) mass is 179 g/mol. The van der Waals surface area contributed by atoms with E-state index in [1.165, 1.54) is 0 Å². The molecule has 0 saturated carbocycles. The number of aryl methyl sites for hydroxylation is 1. The second-order valence-corrected chi connectivity index (χ2v) is 2.80. The van der Waals surface area contributed by atoms with Crippen LogP contribution in [0.15, 0.2) is 12.3 Å². The van der Waals surface area contributed by atoms with E-state index in [2.05, 4.69) is 10.3 Å². The molecule has 0 aromatic carbocycles. The smallest absolute Gasteiger partial charge is 0.224 e. The molecule has 0 atom stereocenters. The molecule has 1 heterocycles. The number of nitrogens with two attached hydrogens (primary N) is 1. The van der Waals surface area contributed by atoms with Crippen molar-refractivity contribution in [2.45, 2.75) is 20.3 Å². The summed E-state index contributed by atoms with van der Waals surface area (Å²) in [6.45, 7) is 3.61. The van der Waals surface area contributed by atoms with Crippen LogP contribution in [0, 0.1) is 6.92 Å². The maximum atomic E-state index is 11.0. The molecule has 4 heteroatoms. The number of pyridine rings is 1. The number of hydrogen-bond donors (Lipinski definition) is 2. The Kier molecular flexibility index (Phi) is 2.84. The molecule has 0 saturated heterocycles. The molecule has 0 aliphatic carbocycles. The number of nitrogen functional groups attached to an aromatic ring is 1. The Hall–Kier alpha value is -1.58. The minimum Gasteiger partial charge on any atom is -0.397 e. The predicted octanol–water partition coefficient (Wildman–Crippen LogP) is 1.32. The molecule has 0 aliphatic heterocycles. The maximum absolute atomic E-state index is 11.0. The number of carbonyl (C=O) groups excluding carboxylic acids is 1. The van der Waals surface area contributed by atoms with Crippen molar-refractivity contribution in [3.8, 4) is 0 Å². The van der Waals surface area contributed by atoms with Crippen LogP contribution in [0.3, 0.4) is 0 Å². The molecule has 1 aromatic heterocycles. The molecular weight excluding hydrogens is 166 g/mol. The zero-order valence-electron chi connectivity index (χ0n) is 7.79. The summed E-state index contributed by atoms with van der Waals surface area (Å²) in [5, 5.41) is 2.68. The zero-order valence-corrected chi connectivity index (χ0v) is 7.79. The molecular formula is C9H13N3O.